The lowest BCUT2D eigenvalue weighted by Crippen LogP contribution is -2.30. The first-order valence-electron chi connectivity index (χ1n) is 7.92. The highest BCUT2D eigenvalue weighted by molar-refractivity contribution is 5.94. The minimum atomic E-state index is -0.527. The zero-order valence-corrected chi connectivity index (χ0v) is 13.8. The Labute approximate surface area is 140 Å². The second-order valence-corrected chi connectivity index (χ2v) is 5.73. The highest BCUT2D eigenvalue weighted by Crippen LogP contribution is 2.34. The number of carbonyl (C=O) groups is 1. The summed E-state index contributed by atoms with van der Waals surface area (Å²) in [5, 5.41) is 3.01. The van der Waals surface area contributed by atoms with Crippen LogP contribution in [0, 0.1) is 5.82 Å². The molecule has 126 valence electrons. The molecule has 0 aliphatic carbocycles. The molecule has 0 spiro atoms. The minimum Gasteiger partial charge on any atom is -0.494 e. The summed E-state index contributed by atoms with van der Waals surface area (Å²) in [5.41, 5.74) is 1.37. The highest BCUT2D eigenvalue weighted by Gasteiger charge is 2.31. The van der Waals surface area contributed by atoms with E-state index in [2.05, 4.69) is 10.3 Å². The third kappa shape index (κ3) is 3.04. The largest absolute Gasteiger partial charge is 0.494 e. The maximum Gasteiger partial charge on any atom is 0.254 e. The number of halogens is 1. The molecule has 1 aliphatic heterocycles. The molecule has 1 aromatic carbocycles. The van der Waals surface area contributed by atoms with E-state index in [1.807, 2.05) is 19.2 Å². The molecule has 3 rings (SSSR count). The van der Waals surface area contributed by atoms with Crippen molar-refractivity contribution in [3.05, 3.63) is 53.5 Å². The van der Waals surface area contributed by atoms with Gasteiger partial charge in [0.25, 0.3) is 5.91 Å². The molecule has 1 aliphatic rings. The summed E-state index contributed by atoms with van der Waals surface area (Å²) in [5.74, 6) is 0.210. The fraction of sp³-hybridized carbons (Fsp3) is 0.333. The Morgan fingerprint density at radius 3 is 2.92 bits per heavy atom. The standard InChI is InChI=1S/C18H20FN3O2/c1-20-17-11-12(7-8-21-17)15-4-3-9-22(15)18(23)13-5-6-16(24-2)14(19)10-13/h5-8,10-11,15H,3-4,9H2,1-2H3,(H,20,21). The lowest BCUT2D eigenvalue weighted by atomic mass is 10.0. The van der Waals surface area contributed by atoms with Crippen LogP contribution < -0.4 is 10.1 Å². The van der Waals surface area contributed by atoms with Gasteiger partial charge in [0, 0.05) is 25.4 Å². The minimum absolute atomic E-state index is 0.0160. The van der Waals surface area contributed by atoms with Gasteiger partial charge in [-0.1, -0.05) is 0 Å². The molecule has 24 heavy (non-hydrogen) atoms. The number of hydrogen-bond acceptors (Lipinski definition) is 4. The fourth-order valence-corrected chi connectivity index (χ4v) is 3.11. The van der Waals surface area contributed by atoms with Crippen LogP contribution in [0.2, 0.25) is 0 Å². The number of hydrogen-bond donors (Lipinski definition) is 1. The maximum atomic E-state index is 13.9. The van der Waals surface area contributed by atoms with Gasteiger partial charge in [0.1, 0.15) is 5.82 Å². The second kappa shape index (κ2) is 6.86. The number of anilines is 1. The second-order valence-electron chi connectivity index (χ2n) is 5.73. The zero-order valence-electron chi connectivity index (χ0n) is 13.8. The number of methoxy groups -OCH3 is 1. The Balaban J connectivity index is 1.87. The van der Waals surface area contributed by atoms with Gasteiger partial charge in [-0.3, -0.25) is 4.79 Å². The molecule has 0 saturated carbocycles. The first kappa shape index (κ1) is 16.2. The quantitative estimate of drug-likeness (QED) is 0.935. The predicted octanol–water partition coefficient (Wildman–Crippen LogP) is 3.25. The average Bonchev–Trinajstić information content (AvgIpc) is 3.10. The van der Waals surface area contributed by atoms with E-state index >= 15 is 0 Å². The van der Waals surface area contributed by atoms with Gasteiger partial charge >= 0.3 is 0 Å². The number of ether oxygens (including phenoxy) is 1. The van der Waals surface area contributed by atoms with Crippen LogP contribution in [0.4, 0.5) is 10.2 Å². The number of nitrogens with one attached hydrogen (secondary N) is 1. The molecule has 0 bridgehead atoms. The first-order chi connectivity index (χ1) is 11.6. The summed E-state index contributed by atoms with van der Waals surface area (Å²) in [7, 11) is 3.21. The van der Waals surface area contributed by atoms with E-state index in [1.54, 1.807) is 17.2 Å². The Bertz CT molecular complexity index is 751. The van der Waals surface area contributed by atoms with Crippen molar-refractivity contribution >= 4 is 11.7 Å². The number of aromatic nitrogens is 1. The van der Waals surface area contributed by atoms with E-state index in [0.29, 0.717) is 12.1 Å². The summed E-state index contributed by atoms with van der Waals surface area (Å²) in [4.78, 5) is 18.8. The van der Waals surface area contributed by atoms with Crippen molar-refractivity contribution in [2.75, 3.05) is 26.0 Å². The Hall–Kier alpha value is -2.63. The molecule has 1 N–H and O–H groups in total. The van der Waals surface area contributed by atoms with Crippen LogP contribution in [0.25, 0.3) is 0 Å². The zero-order chi connectivity index (χ0) is 17.1. The van der Waals surface area contributed by atoms with E-state index in [1.165, 1.54) is 19.2 Å². The van der Waals surface area contributed by atoms with Crippen molar-refractivity contribution in [3.8, 4) is 5.75 Å². The predicted molar refractivity (Wildman–Crippen MR) is 89.7 cm³/mol. The van der Waals surface area contributed by atoms with E-state index in [0.717, 1.165) is 24.2 Å². The summed E-state index contributed by atoms with van der Waals surface area (Å²) < 4.78 is 18.8. The van der Waals surface area contributed by atoms with Crippen molar-refractivity contribution < 1.29 is 13.9 Å². The van der Waals surface area contributed by atoms with Crippen molar-refractivity contribution in [2.24, 2.45) is 0 Å². The van der Waals surface area contributed by atoms with Crippen LogP contribution in [0.5, 0.6) is 5.75 Å². The average molecular weight is 329 g/mol. The monoisotopic (exact) mass is 329 g/mol. The lowest BCUT2D eigenvalue weighted by molar-refractivity contribution is 0.0735. The van der Waals surface area contributed by atoms with Crippen molar-refractivity contribution in [2.45, 2.75) is 18.9 Å². The summed E-state index contributed by atoms with van der Waals surface area (Å²) in [6.45, 7) is 0.661. The molecular weight excluding hydrogens is 309 g/mol. The number of pyridine rings is 1. The molecular formula is C18H20FN3O2. The van der Waals surface area contributed by atoms with Gasteiger partial charge in [-0.15, -0.1) is 0 Å². The van der Waals surface area contributed by atoms with E-state index in [-0.39, 0.29) is 17.7 Å². The third-order valence-corrected chi connectivity index (χ3v) is 4.34. The van der Waals surface area contributed by atoms with Crippen LogP contribution in [0.3, 0.4) is 0 Å². The van der Waals surface area contributed by atoms with Gasteiger partial charge in [-0.05, 0) is 48.7 Å². The number of nitrogens with zero attached hydrogens (tertiary/aromatic N) is 2. The molecule has 1 saturated heterocycles. The number of benzene rings is 1. The molecule has 1 atom stereocenters. The number of likely N-dealkylation sites (tertiary alicyclic amines) is 1. The maximum absolute atomic E-state index is 13.9. The number of carbonyl (C=O) groups excluding carboxylic acids is 1. The molecule has 1 unspecified atom stereocenters. The number of rotatable bonds is 4. The summed E-state index contributed by atoms with van der Waals surface area (Å²) >= 11 is 0. The van der Waals surface area contributed by atoms with Crippen molar-refractivity contribution in [1.82, 2.24) is 9.88 Å². The molecule has 0 radical (unpaired) electrons. The van der Waals surface area contributed by atoms with E-state index < -0.39 is 5.82 Å². The first-order valence-corrected chi connectivity index (χ1v) is 7.92. The highest BCUT2D eigenvalue weighted by atomic mass is 19.1. The topological polar surface area (TPSA) is 54.5 Å². The van der Waals surface area contributed by atoms with Gasteiger partial charge in [0.15, 0.2) is 11.6 Å². The van der Waals surface area contributed by atoms with Crippen LogP contribution in [0.1, 0.15) is 34.8 Å². The van der Waals surface area contributed by atoms with Gasteiger partial charge in [-0.2, -0.15) is 0 Å². The lowest BCUT2D eigenvalue weighted by Gasteiger charge is -2.25. The van der Waals surface area contributed by atoms with E-state index in [4.69, 9.17) is 4.74 Å². The van der Waals surface area contributed by atoms with Crippen LogP contribution >= 0.6 is 0 Å². The molecule has 1 amide bonds. The normalized spacial score (nSPS) is 17.0. The molecule has 1 fully saturated rings. The molecule has 5 nitrogen and oxygen atoms in total. The van der Waals surface area contributed by atoms with Crippen LogP contribution in [-0.2, 0) is 0 Å². The molecule has 6 heteroatoms. The smallest absolute Gasteiger partial charge is 0.254 e. The van der Waals surface area contributed by atoms with Crippen molar-refractivity contribution in [3.63, 3.8) is 0 Å². The third-order valence-electron chi connectivity index (χ3n) is 4.34. The Kier molecular flexibility index (Phi) is 4.64. The van der Waals surface area contributed by atoms with Crippen molar-refractivity contribution in [1.29, 1.82) is 0 Å². The molecule has 1 aromatic heterocycles. The Morgan fingerprint density at radius 1 is 1.38 bits per heavy atom. The van der Waals surface area contributed by atoms with E-state index in [9.17, 15) is 9.18 Å². The van der Waals surface area contributed by atoms with Gasteiger partial charge in [0.2, 0.25) is 0 Å². The summed E-state index contributed by atoms with van der Waals surface area (Å²) in [6, 6.07) is 8.18. The van der Waals surface area contributed by atoms with Crippen LogP contribution in [-0.4, -0.2) is 36.5 Å². The SMILES string of the molecule is CNc1cc(C2CCCN2C(=O)c2ccc(OC)c(F)c2)ccn1. The Morgan fingerprint density at radius 2 is 2.21 bits per heavy atom. The molecule has 2 aromatic rings. The van der Waals surface area contributed by atoms with Crippen LogP contribution in [0.15, 0.2) is 36.5 Å². The molecule has 2 heterocycles. The summed E-state index contributed by atoms with van der Waals surface area (Å²) in [6.07, 6.45) is 3.54. The van der Waals surface area contributed by atoms with Gasteiger partial charge in [0.05, 0.1) is 13.2 Å². The number of amides is 1. The van der Waals surface area contributed by atoms with Gasteiger partial charge in [-0.25, -0.2) is 9.37 Å². The van der Waals surface area contributed by atoms with Gasteiger partial charge < -0.3 is 15.0 Å². The fourth-order valence-electron chi connectivity index (χ4n) is 3.11.